The molecule has 1 aliphatic heterocycles. The minimum atomic E-state index is -0.781. The lowest BCUT2D eigenvalue weighted by Gasteiger charge is -2.22. The van der Waals surface area contributed by atoms with Crippen LogP contribution in [0.5, 0.6) is 0 Å². The summed E-state index contributed by atoms with van der Waals surface area (Å²) in [5.74, 6) is -1.56. The summed E-state index contributed by atoms with van der Waals surface area (Å²) in [6, 6.07) is 2.92. The largest absolute Gasteiger partial charge is 0.350 e. The van der Waals surface area contributed by atoms with Crippen molar-refractivity contribution in [2.45, 2.75) is 39.0 Å². The maximum Gasteiger partial charge on any atom is 0.163 e. The molecule has 0 radical (unpaired) electrons. The zero-order valence-corrected chi connectivity index (χ0v) is 11.9. The fourth-order valence-corrected chi connectivity index (χ4v) is 2.30. The summed E-state index contributed by atoms with van der Waals surface area (Å²) in [5, 5.41) is 3.23. The van der Waals surface area contributed by atoms with Crippen molar-refractivity contribution >= 4 is 0 Å². The molecule has 1 unspecified atom stereocenters. The maximum absolute atomic E-state index is 14.1. The summed E-state index contributed by atoms with van der Waals surface area (Å²) in [5.41, 5.74) is 0.648. The molecule has 0 bridgehead atoms. The fourth-order valence-electron chi connectivity index (χ4n) is 2.30. The molecular formula is C15H21F2NO2. The highest BCUT2D eigenvalue weighted by Crippen LogP contribution is 2.27. The first-order valence-electron chi connectivity index (χ1n) is 7.04. The monoisotopic (exact) mass is 285 g/mol. The second-order valence-corrected chi connectivity index (χ2v) is 5.01. The Morgan fingerprint density at radius 1 is 1.25 bits per heavy atom. The average molecular weight is 285 g/mol. The molecule has 0 aliphatic carbocycles. The van der Waals surface area contributed by atoms with Crippen LogP contribution < -0.4 is 5.32 Å². The van der Waals surface area contributed by atoms with Gasteiger partial charge < -0.3 is 14.8 Å². The van der Waals surface area contributed by atoms with Gasteiger partial charge in [-0.1, -0.05) is 19.1 Å². The van der Waals surface area contributed by atoms with Crippen LogP contribution in [0.1, 0.15) is 36.9 Å². The normalized spacial score (nSPS) is 17.6. The molecule has 1 fully saturated rings. The topological polar surface area (TPSA) is 30.5 Å². The van der Waals surface area contributed by atoms with Gasteiger partial charge in [0.1, 0.15) is 0 Å². The summed E-state index contributed by atoms with van der Waals surface area (Å²) < 4.78 is 38.6. The summed E-state index contributed by atoms with van der Waals surface area (Å²) in [6.45, 7) is 5.41. The third kappa shape index (κ3) is 3.53. The Balaban J connectivity index is 2.18. The summed E-state index contributed by atoms with van der Waals surface area (Å²) in [4.78, 5) is 0. The standard InChI is InChI=1S/C15H21F2NO2/c1-3-6-18-12(9-13-19-7-8-20-13)11-5-4-10(2)14(16)15(11)17/h4-5,12-13,18H,3,6-9H2,1-2H3. The van der Waals surface area contributed by atoms with Crippen molar-refractivity contribution in [3.63, 3.8) is 0 Å². The number of hydrogen-bond acceptors (Lipinski definition) is 3. The number of rotatable bonds is 6. The molecule has 20 heavy (non-hydrogen) atoms. The number of halogens is 2. The smallest absolute Gasteiger partial charge is 0.163 e. The molecule has 1 aromatic rings. The van der Waals surface area contributed by atoms with E-state index in [1.54, 1.807) is 19.1 Å². The first-order chi connectivity index (χ1) is 9.63. The molecule has 1 saturated heterocycles. The van der Waals surface area contributed by atoms with Gasteiger partial charge in [0.05, 0.1) is 13.2 Å². The van der Waals surface area contributed by atoms with Crippen LogP contribution in [0.15, 0.2) is 12.1 Å². The quantitative estimate of drug-likeness (QED) is 0.871. The van der Waals surface area contributed by atoms with E-state index in [9.17, 15) is 8.78 Å². The van der Waals surface area contributed by atoms with Crippen LogP contribution >= 0.6 is 0 Å². The number of hydrogen-bond donors (Lipinski definition) is 1. The van der Waals surface area contributed by atoms with Gasteiger partial charge in [0, 0.05) is 18.0 Å². The van der Waals surface area contributed by atoms with Gasteiger partial charge in [-0.05, 0) is 25.5 Å². The molecule has 0 aromatic heterocycles. The van der Waals surface area contributed by atoms with Crippen molar-refractivity contribution in [3.05, 3.63) is 34.9 Å². The van der Waals surface area contributed by atoms with Gasteiger partial charge in [0.15, 0.2) is 17.9 Å². The van der Waals surface area contributed by atoms with Crippen molar-refractivity contribution in [2.24, 2.45) is 0 Å². The van der Waals surface area contributed by atoms with E-state index in [0.717, 1.165) is 13.0 Å². The van der Waals surface area contributed by atoms with Gasteiger partial charge in [0.25, 0.3) is 0 Å². The third-order valence-corrected chi connectivity index (χ3v) is 3.44. The first-order valence-corrected chi connectivity index (χ1v) is 7.04. The van der Waals surface area contributed by atoms with Crippen LogP contribution in [0.4, 0.5) is 8.78 Å². The molecule has 1 aromatic carbocycles. The number of ether oxygens (including phenoxy) is 2. The lowest BCUT2D eigenvalue weighted by molar-refractivity contribution is -0.0532. The zero-order valence-electron chi connectivity index (χ0n) is 11.9. The number of aryl methyl sites for hydroxylation is 1. The van der Waals surface area contributed by atoms with E-state index in [1.165, 1.54) is 0 Å². The Morgan fingerprint density at radius 3 is 2.60 bits per heavy atom. The highest BCUT2D eigenvalue weighted by atomic mass is 19.2. The molecule has 0 saturated carbocycles. The van der Waals surface area contributed by atoms with Crippen molar-refractivity contribution in [1.29, 1.82) is 0 Å². The van der Waals surface area contributed by atoms with Gasteiger partial charge in [-0.3, -0.25) is 0 Å². The molecule has 1 aliphatic rings. The Labute approximate surface area is 118 Å². The fraction of sp³-hybridized carbons (Fsp3) is 0.600. The van der Waals surface area contributed by atoms with E-state index in [-0.39, 0.29) is 12.3 Å². The van der Waals surface area contributed by atoms with Gasteiger partial charge in [0.2, 0.25) is 0 Å². The van der Waals surface area contributed by atoms with E-state index in [4.69, 9.17) is 9.47 Å². The Morgan fingerprint density at radius 2 is 1.95 bits per heavy atom. The van der Waals surface area contributed by atoms with E-state index < -0.39 is 11.6 Å². The predicted octanol–water partition coefficient (Wildman–Crippen LogP) is 3.08. The lowest BCUT2D eigenvalue weighted by atomic mass is 10.0. The van der Waals surface area contributed by atoms with E-state index >= 15 is 0 Å². The van der Waals surface area contributed by atoms with Gasteiger partial charge in [-0.15, -0.1) is 0 Å². The van der Waals surface area contributed by atoms with Crippen LogP contribution in [0.3, 0.4) is 0 Å². The maximum atomic E-state index is 14.1. The van der Waals surface area contributed by atoms with Crippen molar-refractivity contribution < 1.29 is 18.3 Å². The molecule has 1 atom stereocenters. The molecule has 3 nitrogen and oxygen atoms in total. The van der Waals surface area contributed by atoms with E-state index in [0.29, 0.717) is 30.8 Å². The first kappa shape index (κ1) is 15.4. The van der Waals surface area contributed by atoms with Crippen LogP contribution in [0, 0.1) is 18.6 Å². The van der Waals surface area contributed by atoms with Crippen molar-refractivity contribution in [1.82, 2.24) is 5.32 Å². The Kier molecular flexibility index (Phi) is 5.46. The molecule has 2 rings (SSSR count). The molecule has 0 spiro atoms. The van der Waals surface area contributed by atoms with Crippen LogP contribution in [-0.2, 0) is 9.47 Å². The van der Waals surface area contributed by atoms with Gasteiger partial charge >= 0.3 is 0 Å². The molecule has 0 amide bonds. The molecule has 1 heterocycles. The molecule has 1 N–H and O–H groups in total. The average Bonchev–Trinajstić information content (AvgIpc) is 2.94. The van der Waals surface area contributed by atoms with Crippen LogP contribution in [-0.4, -0.2) is 26.0 Å². The van der Waals surface area contributed by atoms with Crippen molar-refractivity contribution in [3.8, 4) is 0 Å². The summed E-state index contributed by atoms with van der Waals surface area (Å²) in [6.07, 6.45) is 1.03. The highest BCUT2D eigenvalue weighted by molar-refractivity contribution is 5.28. The Hall–Kier alpha value is -1.04. The second kappa shape index (κ2) is 7.11. The molecular weight excluding hydrogens is 264 g/mol. The molecule has 112 valence electrons. The minimum absolute atomic E-state index is 0.312. The number of benzene rings is 1. The summed E-state index contributed by atoms with van der Waals surface area (Å²) >= 11 is 0. The third-order valence-electron chi connectivity index (χ3n) is 3.44. The van der Waals surface area contributed by atoms with E-state index in [2.05, 4.69) is 5.32 Å². The SMILES string of the molecule is CCCNC(CC1OCCO1)c1ccc(C)c(F)c1F. The molecule has 5 heteroatoms. The van der Waals surface area contributed by atoms with Gasteiger partial charge in [-0.2, -0.15) is 0 Å². The van der Waals surface area contributed by atoms with Crippen molar-refractivity contribution in [2.75, 3.05) is 19.8 Å². The van der Waals surface area contributed by atoms with Crippen LogP contribution in [0.2, 0.25) is 0 Å². The zero-order chi connectivity index (χ0) is 14.5. The predicted molar refractivity (Wildman–Crippen MR) is 72.4 cm³/mol. The van der Waals surface area contributed by atoms with Gasteiger partial charge in [-0.25, -0.2) is 8.78 Å². The minimum Gasteiger partial charge on any atom is -0.350 e. The summed E-state index contributed by atoms with van der Waals surface area (Å²) in [7, 11) is 0. The lowest BCUT2D eigenvalue weighted by Crippen LogP contribution is -2.27. The number of nitrogens with one attached hydrogen (secondary N) is 1. The Bertz CT molecular complexity index is 448. The second-order valence-electron chi connectivity index (χ2n) is 5.01. The van der Waals surface area contributed by atoms with Crippen LogP contribution in [0.25, 0.3) is 0 Å². The van der Waals surface area contributed by atoms with E-state index in [1.807, 2.05) is 6.92 Å². The highest BCUT2D eigenvalue weighted by Gasteiger charge is 2.25.